The van der Waals surface area contributed by atoms with Crippen LogP contribution in [-0.2, 0) is 29.0 Å². The predicted molar refractivity (Wildman–Crippen MR) is 129 cm³/mol. The lowest BCUT2D eigenvalue weighted by molar-refractivity contribution is -0.141. The molecule has 0 radical (unpaired) electrons. The molecule has 0 aromatic heterocycles. The van der Waals surface area contributed by atoms with Crippen LogP contribution in [0.15, 0.2) is 84.9 Å². The molecule has 166 valence electrons. The number of rotatable bonds is 10. The molecule has 0 aliphatic heterocycles. The third-order valence-corrected chi connectivity index (χ3v) is 5.69. The van der Waals surface area contributed by atoms with Gasteiger partial charge in [0.1, 0.15) is 6.04 Å². The molecule has 0 spiro atoms. The molecule has 1 unspecified atom stereocenters. The molecule has 4 heteroatoms. The minimum atomic E-state index is -0.569. The van der Waals surface area contributed by atoms with Gasteiger partial charge in [0.05, 0.1) is 0 Å². The zero-order valence-corrected chi connectivity index (χ0v) is 19.0. The maximum absolute atomic E-state index is 13.5. The van der Waals surface area contributed by atoms with Crippen molar-refractivity contribution in [1.82, 2.24) is 10.2 Å². The van der Waals surface area contributed by atoms with E-state index in [1.54, 1.807) is 4.90 Å². The van der Waals surface area contributed by atoms with E-state index in [2.05, 4.69) is 5.32 Å². The summed E-state index contributed by atoms with van der Waals surface area (Å²) >= 11 is 0. The van der Waals surface area contributed by atoms with Crippen molar-refractivity contribution in [3.63, 3.8) is 0 Å². The Bertz CT molecular complexity index is 1000. The van der Waals surface area contributed by atoms with Crippen LogP contribution in [0.4, 0.5) is 0 Å². The Hall–Kier alpha value is -3.40. The van der Waals surface area contributed by atoms with Crippen LogP contribution in [0.5, 0.6) is 0 Å². The highest BCUT2D eigenvalue weighted by atomic mass is 16.2. The third-order valence-electron chi connectivity index (χ3n) is 5.69. The highest BCUT2D eigenvalue weighted by molar-refractivity contribution is 5.88. The van der Waals surface area contributed by atoms with Gasteiger partial charge in [-0.05, 0) is 42.5 Å². The SMILES string of the molecule is CCNC(=O)C(Cc1ccccc1)N(Cc1ccccc1C)C(=O)CCc1ccccc1. The maximum Gasteiger partial charge on any atom is 0.243 e. The molecule has 1 N–H and O–H groups in total. The Balaban J connectivity index is 1.89. The summed E-state index contributed by atoms with van der Waals surface area (Å²) in [6.07, 6.45) is 1.49. The minimum Gasteiger partial charge on any atom is -0.355 e. The van der Waals surface area contributed by atoms with Gasteiger partial charge in [-0.25, -0.2) is 0 Å². The Morgan fingerprint density at radius 2 is 1.44 bits per heavy atom. The molecule has 0 saturated carbocycles. The van der Waals surface area contributed by atoms with Crippen molar-refractivity contribution in [2.45, 2.75) is 45.7 Å². The third kappa shape index (κ3) is 6.55. The number of amides is 2. The summed E-state index contributed by atoms with van der Waals surface area (Å²) in [5, 5.41) is 2.94. The summed E-state index contributed by atoms with van der Waals surface area (Å²) in [4.78, 5) is 28.4. The Morgan fingerprint density at radius 3 is 2.06 bits per heavy atom. The largest absolute Gasteiger partial charge is 0.355 e. The number of nitrogens with one attached hydrogen (secondary N) is 1. The van der Waals surface area contributed by atoms with Crippen LogP contribution in [0, 0.1) is 6.92 Å². The fourth-order valence-electron chi connectivity index (χ4n) is 3.86. The van der Waals surface area contributed by atoms with Crippen LogP contribution >= 0.6 is 0 Å². The zero-order chi connectivity index (χ0) is 22.8. The molecule has 0 aliphatic carbocycles. The lowest BCUT2D eigenvalue weighted by atomic mass is 10.0. The quantitative estimate of drug-likeness (QED) is 0.509. The van der Waals surface area contributed by atoms with Crippen LogP contribution in [-0.4, -0.2) is 29.3 Å². The van der Waals surface area contributed by atoms with Gasteiger partial charge in [-0.2, -0.15) is 0 Å². The van der Waals surface area contributed by atoms with E-state index >= 15 is 0 Å². The number of aryl methyl sites for hydroxylation is 2. The fraction of sp³-hybridized carbons (Fsp3) is 0.286. The molecule has 2 amide bonds. The van der Waals surface area contributed by atoms with Crippen molar-refractivity contribution >= 4 is 11.8 Å². The van der Waals surface area contributed by atoms with Crippen LogP contribution in [0.3, 0.4) is 0 Å². The molecular weight excluding hydrogens is 396 g/mol. The van der Waals surface area contributed by atoms with Gasteiger partial charge in [0, 0.05) is 25.9 Å². The monoisotopic (exact) mass is 428 g/mol. The number of benzene rings is 3. The number of hydrogen-bond acceptors (Lipinski definition) is 2. The van der Waals surface area contributed by atoms with Crippen molar-refractivity contribution in [2.75, 3.05) is 6.54 Å². The highest BCUT2D eigenvalue weighted by Gasteiger charge is 2.30. The number of likely N-dealkylation sites (N-methyl/N-ethyl adjacent to an activating group) is 1. The zero-order valence-electron chi connectivity index (χ0n) is 19.0. The van der Waals surface area contributed by atoms with Crippen molar-refractivity contribution in [2.24, 2.45) is 0 Å². The lowest BCUT2D eigenvalue weighted by Crippen LogP contribution is -2.50. The number of hydrogen-bond donors (Lipinski definition) is 1. The molecule has 1 atom stereocenters. The van der Waals surface area contributed by atoms with Crippen LogP contribution < -0.4 is 5.32 Å². The van der Waals surface area contributed by atoms with E-state index in [1.165, 1.54) is 0 Å². The van der Waals surface area contributed by atoms with E-state index in [0.717, 1.165) is 22.3 Å². The second-order valence-corrected chi connectivity index (χ2v) is 8.03. The van der Waals surface area contributed by atoms with E-state index in [9.17, 15) is 9.59 Å². The van der Waals surface area contributed by atoms with Gasteiger partial charge < -0.3 is 10.2 Å². The van der Waals surface area contributed by atoms with E-state index in [-0.39, 0.29) is 11.8 Å². The first-order chi connectivity index (χ1) is 15.6. The molecule has 0 saturated heterocycles. The second-order valence-electron chi connectivity index (χ2n) is 8.03. The molecule has 0 fully saturated rings. The van der Waals surface area contributed by atoms with Crippen LogP contribution in [0.25, 0.3) is 0 Å². The molecule has 0 aliphatic rings. The average Bonchev–Trinajstić information content (AvgIpc) is 2.82. The molecular formula is C28H32N2O2. The number of carbonyl (C=O) groups is 2. The summed E-state index contributed by atoms with van der Waals surface area (Å²) in [7, 11) is 0. The van der Waals surface area contributed by atoms with Crippen molar-refractivity contribution < 1.29 is 9.59 Å². The Labute approximate surface area is 191 Å². The van der Waals surface area contributed by atoms with E-state index in [0.29, 0.717) is 32.4 Å². The molecule has 3 aromatic carbocycles. The number of carbonyl (C=O) groups excluding carboxylic acids is 2. The number of nitrogens with zero attached hydrogens (tertiary/aromatic N) is 1. The minimum absolute atomic E-state index is 0.00992. The molecule has 32 heavy (non-hydrogen) atoms. The van der Waals surface area contributed by atoms with Crippen molar-refractivity contribution in [3.8, 4) is 0 Å². The smallest absolute Gasteiger partial charge is 0.243 e. The van der Waals surface area contributed by atoms with Gasteiger partial charge in [0.25, 0.3) is 0 Å². The van der Waals surface area contributed by atoms with Gasteiger partial charge in [-0.1, -0.05) is 84.9 Å². The Kier molecular flexibility index (Phi) is 8.61. The maximum atomic E-state index is 13.5. The van der Waals surface area contributed by atoms with Crippen molar-refractivity contribution in [1.29, 1.82) is 0 Å². The normalized spacial score (nSPS) is 11.6. The summed E-state index contributed by atoms with van der Waals surface area (Å²) in [5.41, 5.74) is 4.33. The standard InChI is InChI=1S/C28H32N2O2/c1-3-29-28(32)26(20-24-15-8-5-9-16-24)30(21-25-17-11-10-12-22(25)2)27(31)19-18-23-13-6-4-7-14-23/h4-17,26H,3,18-21H2,1-2H3,(H,29,32). The van der Waals surface area contributed by atoms with Gasteiger partial charge in [0.15, 0.2) is 0 Å². The topological polar surface area (TPSA) is 49.4 Å². The Morgan fingerprint density at radius 1 is 0.844 bits per heavy atom. The van der Waals surface area contributed by atoms with Gasteiger partial charge in [0.2, 0.25) is 11.8 Å². The first kappa shape index (κ1) is 23.3. The highest BCUT2D eigenvalue weighted by Crippen LogP contribution is 2.18. The molecule has 4 nitrogen and oxygen atoms in total. The first-order valence-corrected chi connectivity index (χ1v) is 11.3. The van der Waals surface area contributed by atoms with Gasteiger partial charge in [-0.3, -0.25) is 9.59 Å². The fourth-order valence-corrected chi connectivity index (χ4v) is 3.86. The first-order valence-electron chi connectivity index (χ1n) is 11.3. The predicted octanol–water partition coefficient (Wildman–Crippen LogP) is 4.70. The second kappa shape index (κ2) is 11.8. The van der Waals surface area contributed by atoms with E-state index in [1.807, 2.05) is 98.8 Å². The van der Waals surface area contributed by atoms with Crippen LogP contribution in [0.1, 0.15) is 35.6 Å². The lowest BCUT2D eigenvalue weighted by Gasteiger charge is -2.32. The molecule has 3 aromatic rings. The van der Waals surface area contributed by atoms with Crippen molar-refractivity contribution in [3.05, 3.63) is 107 Å². The molecule has 0 bridgehead atoms. The van der Waals surface area contributed by atoms with Gasteiger partial charge in [-0.15, -0.1) is 0 Å². The molecule has 3 rings (SSSR count). The summed E-state index contributed by atoms with van der Waals surface area (Å²) in [6, 6.07) is 27.4. The van der Waals surface area contributed by atoms with E-state index in [4.69, 9.17) is 0 Å². The summed E-state index contributed by atoms with van der Waals surface area (Å²) < 4.78 is 0. The van der Waals surface area contributed by atoms with Gasteiger partial charge >= 0.3 is 0 Å². The van der Waals surface area contributed by atoms with E-state index < -0.39 is 6.04 Å². The summed E-state index contributed by atoms with van der Waals surface area (Å²) in [5.74, 6) is -0.123. The summed E-state index contributed by atoms with van der Waals surface area (Å²) in [6.45, 7) is 4.89. The average molecular weight is 429 g/mol. The van der Waals surface area contributed by atoms with Crippen LogP contribution in [0.2, 0.25) is 0 Å². The molecule has 0 heterocycles.